The van der Waals surface area contributed by atoms with Gasteiger partial charge in [0, 0.05) is 6.07 Å². The van der Waals surface area contributed by atoms with Crippen LogP contribution >= 0.6 is 0 Å². The third-order valence-corrected chi connectivity index (χ3v) is 1.91. The fraction of sp³-hybridized carbons (Fsp3) is 0.200. The molecule has 0 saturated heterocycles. The van der Waals surface area contributed by atoms with Crippen LogP contribution in [0, 0.1) is 6.07 Å². The first kappa shape index (κ1) is 12.0. The van der Waals surface area contributed by atoms with Crippen LogP contribution in [0.4, 0.5) is 0 Å². The molecule has 1 atom stereocenters. The zero-order valence-electron chi connectivity index (χ0n) is 8.17. The Bertz CT molecular complexity index is 429. The Hall–Kier alpha value is -2.08. The lowest BCUT2D eigenvalue weighted by molar-refractivity contribution is -0.137. The first-order valence-corrected chi connectivity index (χ1v) is 4.37. The van der Waals surface area contributed by atoms with Gasteiger partial charge in [-0.1, -0.05) is 0 Å². The summed E-state index contributed by atoms with van der Waals surface area (Å²) in [4.78, 5) is 21.9. The molecule has 0 amide bonds. The number of benzene rings is 1. The van der Waals surface area contributed by atoms with Crippen LogP contribution in [0.15, 0.2) is 12.1 Å². The number of phenols is 2. The first-order valence-electron chi connectivity index (χ1n) is 4.37. The van der Waals surface area contributed by atoms with E-state index in [1.807, 2.05) is 0 Å². The second-order valence-corrected chi connectivity index (χ2v) is 3.19. The number of carboxylic acids is 1. The van der Waals surface area contributed by atoms with Gasteiger partial charge in [0.2, 0.25) is 0 Å². The highest BCUT2D eigenvalue weighted by Crippen LogP contribution is 2.22. The predicted molar refractivity (Wildman–Crippen MR) is 53.2 cm³/mol. The van der Waals surface area contributed by atoms with Gasteiger partial charge in [-0.2, -0.15) is 0 Å². The van der Waals surface area contributed by atoms with Crippen LogP contribution in [0.1, 0.15) is 16.8 Å². The van der Waals surface area contributed by atoms with E-state index in [0.717, 1.165) is 12.1 Å². The zero-order valence-corrected chi connectivity index (χ0v) is 8.17. The number of rotatable bonds is 4. The second-order valence-electron chi connectivity index (χ2n) is 3.19. The monoisotopic (exact) mass is 224 g/mol. The van der Waals surface area contributed by atoms with Gasteiger partial charge >= 0.3 is 5.97 Å². The normalized spacial score (nSPS) is 12.1. The molecule has 0 aliphatic rings. The maximum absolute atomic E-state index is 11.6. The quantitative estimate of drug-likeness (QED) is 0.418. The number of hydrogen-bond acceptors (Lipinski definition) is 5. The van der Waals surface area contributed by atoms with E-state index < -0.39 is 30.0 Å². The van der Waals surface area contributed by atoms with E-state index in [9.17, 15) is 14.7 Å². The molecule has 16 heavy (non-hydrogen) atoms. The molecule has 85 valence electrons. The van der Waals surface area contributed by atoms with E-state index in [2.05, 4.69) is 6.07 Å². The number of ketones is 1. The summed E-state index contributed by atoms with van der Waals surface area (Å²) in [7, 11) is 0. The average molecular weight is 224 g/mol. The van der Waals surface area contributed by atoms with Gasteiger partial charge in [0.1, 0.15) is 11.5 Å². The molecule has 1 aromatic carbocycles. The average Bonchev–Trinajstić information content (AvgIpc) is 2.19. The summed E-state index contributed by atoms with van der Waals surface area (Å²) in [5.74, 6) is -2.69. The van der Waals surface area contributed by atoms with Gasteiger partial charge in [-0.15, -0.1) is 0 Å². The van der Waals surface area contributed by atoms with Crippen LogP contribution in [-0.2, 0) is 4.79 Å². The summed E-state index contributed by atoms with van der Waals surface area (Å²) in [5, 5.41) is 26.8. The summed E-state index contributed by atoms with van der Waals surface area (Å²) in [5.41, 5.74) is 5.12. The summed E-state index contributed by atoms with van der Waals surface area (Å²) in [6.07, 6.45) is -0.544. The SMILES string of the molecule is N[C@@H](CC(=O)O)C(=O)c1cc(O)[c]cc1O. The Balaban J connectivity index is 2.95. The lowest BCUT2D eigenvalue weighted by atomic mass is 10.0. The van der Waals surface area contributed by atoms with E-state index in [-0.39, 0.29) is 11.3 Å². The van der Waals surface area contributed by atoms with E-state index >= 15 is 0 Å². The molecule has 0 bridgehead atoms. The molecule has 0 aliphatic carbocycles. The largest absolute Gasteiger partial charge is 0.507 e. The summed E-state index contributed by atoms with van der Waals surface area (Å²) in [6.45, 7) is 0. The van der Waals surface area contributed by atoms with Crippen molar-refractivity contribution in [3.8, 4) is 11.5 Å². The first-order chi connectivity index (χ1) is 7.41. The minimum absolute atomic E-state index is 0.218. The smallest absolute Gasteiger partial charge is 0.305 e. The number of carbonyl (C=O) groups excluding carboxylic acids is 1. The Labute approximate surface area is 90.9 Å². The minimum atomic E-state index is -1.26. The number of carboxylic acid groups (broad SMARTS) is 1. The van der Waals surface area contributed by atoms with Crippen LogP contribution in [0.25, 0.3) is 0 Å². The van der Waals surface area contributed by atoms with Crippen molar-refractivity contribution in [1.29, 1.82) is 0 Å². The number of aliphatic carboxylic acids is 1. The maximum Gasteiger partial charge on any atom is 0.305 e. The van der Waals surface area contributed by atoms with Crippen LogP contribution in [0.3, 0.4) is 0 Å². The van der Waals surface area contributed by atoms with Gasteiger partial charge in [0.25, 0.3) is 0 Å². The lowest BCUT2D eigenvalue weighted by Crippen LogP contribution is -2.32. The molecular weight excluding hydrogens is 214 g/mol. The Morgan fingerprint density at radius 3 is 2.62 bits per heavy atom. The van der Waals surface area contributed by atoms with Gasteiger partial charge in [0.15, 0.2) is 5.78 Å². The molecule has 0 fully saturated rings. The molecule has 6 nitrogen and oxygen atoms in total. The fourth-order valence-electron chi connectivity index (χ4n) is 1.15. The van der Waals surface area contributed by atoms with E-state index in [0.29, 0.717) is 0 Å². The van der Waals surface area contributed by atoms with Crippen LogP contribution in [-0.4, -0.2) is 33.1 Å². The molecule has 0 spiro atoms. The summed E-state index contributed by atoms with van der Waals surface area (Å²) >= 11 is 0. The Kier molecular flexibility index (Phi) is 3.47. The van der Waals surface area contributed by atoms with Crippen molar-refractivity contribution in [3.63, 3.8) is 0 Å². The number of carbonyl (C=O) groups is 2. The van der Waals surface area contributed by atoms with Crippen LogP contribution in [0.2, 0.25) is 0 Å². The van der Waals surface area contributed by atoms with Gasteiger partial charge in [-0.25, -0.2) is 0 Å². The predicted octanol–water partition coefficient (Wildman–Crippen LogP) is -0.117. The maximum atomic E-state index is 11.6. The van der Waals surface area contributed by atoms with Crippen molar-refractivity contribution >= 4 is 11.8 Å². The molecule has 5 N–H and O–H groups in total. The standard InChI is InChI=1S/C10H10NO5/c11-7(4-9(14)15)10(16)6-3-5(12)1-2-8(6)13/h2-3,7,12-13H,4,11H2,(H,14,15)/t7-/m0/s1. The van der Waals surface area contributed by atoms with Crippen molar-refractivity contribution in [2.75, 3.05) is 0 Å². The van der Waals surface area contributed by atoms with Gasteiger partial charge < -0.3 is 21.1 Å². The molecule has 0 heterocycles. The van der Waals surface area contributed by atoms with E-state index in [1.165, 1.54) is 0 Å². The zero-order chi connectivity index (χ0) is 12.3. The number of Topliss-reactive ketones (excluding diaryl/α,β-unsaturated/α-hetero) is 1. The Morgan fingerprint density at radius 2 is 2.06 bits per heavy atom. The molecule has 1 radical (unpaired) electrons. The topological polar surface area (TPSA) is 121 Å². The molecule has 0 aromatic heterocycles. The minimum Gasteiger partial charge on any atom is -0.507 e. The lowest BCUT2D eigenvalue weighted by Gasteiger charge is -2.09. The third-order valence-electron chi connectivity index (χ3n) is 1.91. The molecule has 6 heteroatoms. The van der Waals surface area contributed by atoms with E-state index in [1.54, 1.807) is 0 Å². The highest BCUT2D eigenvalue weighted by atomic mass is 16.4. The number of nitrogens with two attached hydrogens (primary N) is 1. The molecule has 0 unspecified atom stereocenters. The molecule has 1 rings (SSSR count). The van der Waals surface area contributed by atoms with Gasteiger partial charge in [-0.3, -0.25) is 9.59 Å². The third kappa shape index (κ3) is 2.71. The number of hydrogen-bond donors (Lipinski definition) is 4. The Morgan fingerprint density at radius 1 is 1.44 bits per heavy atom. The van der Waals surface area contributed by atoms with Crippen molar-refractivity contribution < 1.29 is 24.9 Å². The van der Waals surface area contributed by atoms with E-state index in [4.69, 9.17) is 15.9 Å². The van der Waals surface area contributed by atoms with Crippen molar-refractivity contribution in [2.45, 2.75) is 12.5 Å². The number of aromatic hydroxyl groups is 2. The second kappa shape index (κ2) is 4.63. The summed E-state index contributed by atoms with van der Waals surface area (Å²) in [6, 6.07) is 3.01. The summed E-state index contributed by atoms with van der Waals surface area (Å²) < 4.78 is 0. The van der Waals surface area contributed by atoms with Crippen LogP contribution < -0.4 is 5.73 Å². The van der Waals surface area contributed by atoms with Crippen LogP contribution in [0.5, 0.6) is 11.5 Å². The van der Waals surface area contributed by atoms with Crippen molar-refractivity contribution in [1.82, 2.24) is 0 Å². The molecule has 0 saturated carbocycles. The van der Waals surface area contributed by atoms with Gasteiger partial charge in [-0.05, 0) is 12.1 Å². The number of phenolic OH excluding ortho intramolecular Hbond substituents is 2. The van der Waals surface area contributed by atoms with Crippen molar-refractivity contribution in [2.24, 2.45) is 5.73 Å². The highest BCUT2D eigenvalue weighted by molar-refractivity contribution is 6.03. The molecule has 0 aliphatic heterocycles. The van der Waals surface area contributed by atoms with Gasteiger partial charge in [0.05, 0.1) is 18.0 Å². The fourth-order valence-corrected chi connectivity index (χ4v) is 1.15. The van der Waals surface area contributed by atoms with Crippen molar-refractivity contribution in [3.05, 3.63) is 23.8 Å². The highest BCUT2D eigenvalue weighted by Gasteiger charge is 2.21. The molecule has 1 aromatic rings. The molecular formula is C10H10NO5.